The molecule has 0 radical (unpaired) electrons. The van der Waals surface area contributed by atoms with Gasteiger partial charge in [-0.05, 0) is 20.8 Å². The molecule has 1 aliphatic heterocycles. The second-order valence-electron chi connectivity index (χ2n) is 5.10. The Balaban J connectivity index is 2.45. The number of rotatable bonds is 3. The fourth-order valence-electron chi connectivity index (χ4n) is 1.63. The van der Waals surface area contributed by atoms with Gasteiger partial charge in [0.25, 0.3) is 10.1 Å². The first-order chi connectivity index (χ1) is 7.18. The lowest BCUT2D eigenvalue weighted by Gasteiger charge is -2.41. The lowest BCUT2D eigenvalue weighted by molar-refractivity contribution is -0.0720. The zero-order valence-corrected chi connectivity index (χ0v) is 11.2. The molecule has 0 saturated carbocycles. The highest BCUT2D eigenvalue weighted by Gasteiger charge is 2.28. The number of ether oxygens (including phenoxy) is 1. The molecule has 0 amide bonds. The summed E-state index contributed by atoms with van der Waals surface area (Å²) in [6.45, 7) is 8.70. The summed E-state index contributed by atoms with van der Waals surface area (Å²) in [5.41, 5.74) is 0.0765. The summed E-state index contributed by atoms with van der Waals surface area (Å²) in [4.78, 5) is 2.27. The molecule has 0 N–H and O–H groups in total. The van der Waals surface area contributed by atoms with Gasteiger partial charge in [0.05, 0.1) is 25.6 Å². The van der Waals surface area contributed by atoms with Crippen molar-refractivity contribution in [3.63, 3.8) is 0 Å². The van der Waals surface area contributed by atoms with Crippen molar-refractivity contribution in [2.75, 3.05) is 32.6 Å². The van der Waals surface area contributed by atoms with Gasteiger partial charge in [0.1, 0.15) is 0 Å². The highest BCUT2D eigenvalue weighted by atomic mass is 32.2. The van der Waals surface area contributed by atoms with Gasteiger partial charge in [-0.3, -0.25) is 9.08 Å². The Bertz CT molecular complexity index is 320. The maximum Gasteiger partial charge on any atom is 0.264 e. The lowest BCUT2D eigenvalue weighted by atomic mass is 10.0. The van der Waals surface area contributed by atoms with Crippen LogP contribution in [0.4, 0.5) is 0 Å². The average molecular weight is 251 g/mol. The van der Waals surface area contributed by atoms with Crippen LogP contribution in [0.25, 0.3) is 0 Å². The van der Waals surface area contributed by atoms with Gasteiger partial charge >= 0.3 is 0 Å². The van der Waals surface area contributed by atoms with Crippen LogP contribution in [0, 0.1) is 0 Å². The first kappa shape index (κ1) is 13.9. The molecule has 0 aliphatic carbocycles. The first-order valence-electron chi connectivity index (χ1n) is 5.39. The van der Waals surface area contributed by atoms with Gasteiger partial charge in [-0.25, -0.2) is 0 Å². The Morgan fingerprint density at radius 2 is 2.06 bits per heavy atom. The number of hydrogen-bond donors (Lipinski definition) is 0. The van der Waals surface area contributed by atoms with Crippen molar-refractivity contribution in [1.82, 2.24) is 4.90 Å². The van der Waals surface area contributed by atoms with Crippen LogP contribution < -0.4 is 0 Å². The first-order valence-corrected chi connectivity index (χ1v) is 7.21. The molecule has 0 spiro atoms. The Morgan fingerprint density at radius 1 is 1.44 bits per heavy atom. The molecule has 0 aromatic rings. The zero-order valence-electron chi connectivity index (χ0n) is 10.4. The molecule has 1 fully saturated rings. The van der Waals surface area contributed by atoms with E-state index in [-0.39, 0.29) is 18.2 Å². The van der Waals surface area contributed by atoms with E-state index in [9.17, 15) is 8.42 Å². The zero-order chi connectivity index (χ0) is 12.4. The molecular formula is C10H21NO4S. The Morgan fingerprint density at radius 3 is 2.56 bits per heavy atom. The van der Waals surface area contributed by atoms with Gasteiger partial charge in [-0.15, -0.1) is 0 Å². The summed E-state index contributed by atoms with van der Waals surface area (Å²) >= 11 is 0. The summed E-state index contributed by atoms with van der Waals surface area (Å²) in [5, 5.41) is 0. The van der Waals surface area contributed by atoms with Crippen LogP contribution in [0.2, 0.25) is 0 Å². The molecule has 96 valence electrons. The molecule has 16 heavy (non-hydrogen) atoms. The van der Waals surface area contributed by atoms with Crippen molar-refractivity contribution in [3.8, 4) is 0 Å². The molecule has 1 atom stereocenters. The Hall–Kier alpha value is -0.170. The van der Waals surface area contributed by atoms with Gasteiger partial charge in [0, 0.05) is 18.6 Å². The molecule has 0 unspecified atom stereocenters. The highest BCUT2D eigenvalue weighted by Crippen LogP contribution is 2.17. The van der Waals surface area contributed by atoms with Crippen LogP contribution in [0.1, 0.15) is 20.8 Å². The monoisotopic (exact) mass is 251 g/mol. The normalized spacial score (nSPS) is 24.6. The van der Waals surface area contributed by atoms with Crippen molar-refractivity contribution in [1.29, 1.82) is 0 Å². The second-order valence-corrected chi connectivity index (χ2v) is 6.74. The smallest absolute Gasteiger partial charge is 0.264 e. The van der Waals surface area contributed by atoms with Crippen LogP contribution in [0.15, 0.2) is 0 Å². The van der Waals surface area contributed by atoms with Crippen molar-refractivity contribution in [2.24, 2.45) is 0 Å². The Kier molecular flexibility index (Phi) is 4.34. The van der Waals surface area contributed by atoms with E-state index in [1.807, 2.05) is 0 Å². The van der Waals surface area contributed by atoms with Crippen molar-refractivity contribution in [2.45, 2.75) is 32.4 Å². The van der Waals surface area contributed by atoms with Gasteiger partial charge in [-0.2, -0.15) is 8.42 Å². The molecule has 5 nitrogen and oxygen atoms in total. The number of nitrogens with zero attached hydrogens (tertiary/aromatic N) is 1. The molecule has 0 aromatic carbocycles. The fourth-order valence-corrected chi connectivity index (χ4v) is 2.03. The van der Waals surface area contributed by atoms with E-state index in [1.54, 1.807) is 0 Å². The summed E-state index contributed by atoms with van der Waals surface area (Å²) in [5.74, 6) is 0. The predicted molar refractivity (Wildman–Crippen MR) is 61.9 cm³/mol. The quantitative estimate of drug-likeness (QED) is 0.682. The fraction of sp³-hybridized carbons (Fsp3) is 1.00. The average Bonchev–Trinajstić information content (AvgIpc) is 2.13. The SMILES string of the molecule is CC(C)(C)N1CCO[C@H](COS(C)(=O)=O)C1. The second kappa shape index (κ2) is 5.00. The third-order valence-electron chi connectivity index (χ3n) is 2.56. The summed E-state index contributed by atoms with van der Waals surface area (Å²) < 4.78 is 31.9. The number of hydrogen-bond acceptors (Lipinski definition) is 5. The van der Waals surface area contributed by atoms with E-state index in [2.05, 4.69) is 25.7 Å². The molecule has 1 rings (SSSR count). The minimum absolute atomic E-state index is 0.0765. The van der Waals surface area contributed by atoms with E-state index in [0.29, 0.717) is 13.2 Å². The van der Waals surface area contributed by atoms with Crippen LogP contribution in [-0.4, -0.2) is 57.5 Å². The third-order valence-corrected chi connectivity index (χ3v) is 3.12. The molecule has 1 heterocycles. The van der Waals surface area contributed by atoms with Crippen LogP contribution in [0.5, 0.6) is 0 Å². The van der Waals surface area contributed by atoms with Crippen molar-refractivity contribution < 1.29 is 17.3 Å². The standard InChI is InChI=1S/C10H21NO4S/c1-10(2,3)11-5-6-14-9(7-11)8-15-16(4,12)13/h9H,5-8H2,1-4H3/t9-/m0/s1. The van der Waals surface area contributed by atoms with Crippen molar-refractivity contribution >= 4 is 10.1 Å². The summed E-state index contributed by atoms with van der Waals surface area (Å²) in [6.07, 6.45) is 0.889. The molecule has 0 bridgehead atoms. The molecular weight excluding hydrogens is 230 g/mol. The Labute approximate surface area is 97.8 Å². The topological polar surface area (TPSA) is 55.8 Å². The van der Waals surface area contributed by atoms with Crippen LogP contribution >= 0.6 is 0 Å². The summed E-state index contributed by atoms with van der Waals surface area (Å²) in [7, 11) is -3.37. The largest absolute Gasteiger partial charge is 0.373 e. The van der Waals surface area contributed by atoms with E-state index in [4.69, 9.17) is 8.92 Å². The molecule has 1 aliphatic rings. The predicted octanol–water partition coefficient (Wildman–Crippen LogP) is 0.462. The maximum atomic E-state index is 10.9. The van der Waals surface area contributed by atoms with E-state index >= 15 is 0 Å². The van der Waals surface area contributed by atoms with Crippen LogP contribution in [-0.2, 0) is 19.0 Å². The minimum Gasteiger partial charge on any atom is -0.373 e. The summed E-state index contributed by atoms with van der Waals surface area (Å²) in [6, 6.07) is 0. The maximum absolute atomic E-state index is 10.9. The van der Waals surface area contributed by atoms with E-state index < -0.39 is 10.1 Å². The highest BCUT2D eigenvalue weighted by molar-refractivity contribution is 7.85. The van der Waals surface area contributed by atoms with Gasteiger partial charge in [-0.1, -0.05) is 0 Å². The van der Waals surface area contributed by atoms with Crippen molar-refractivity contribution in [3.05, 3.63) is 0 Å². The molecule has 0 aromatic heterocycles. The molecule has 6 heteroatoms. The molecule has 1 saturated heterocycles. The lowest BCUT2D eigenvalue weighted by Crippen LogP contribution is -2.52. The van der Waals surface area contributed by atoms with Crippen LogP contribution in [0.3, 0.4) is 0 Å². The van der Waals surface area contributed by atoms with E-state index in [1.165, 1.54) is 0 Å². The van der Waals surface area contributed by atoms with E-state index in [0.717, 1.165) is 12.8 Å². The third kappa shape index (κ3) is 4.78. The van der Waals surface area contributed by atoms with Gasteiger partial charge in [0.2, 0.25) is 0 Å². The number of morpholine rings is 1. The van der Waals surface area contributed by atoms with Gasteiger partial charge < -0.3 is 4.74 Å². The minimum atomic E-state index is -3.37. The van der Waals surface area contributed by atoms with Gasteiger partial charge in [0.15, 0.2) is 0 Å².